The molecule has 0 radical (unpaired) electrons. The summed E-state index contributed by atoms with van der Waals surface area (Å²) in [7, 11) is 0. The maximum Gasteiger partial charge on any atom is 0.246 e. The van der Waals surface area contributed by atoms with Crippen LogP contribution >= 0.6 is 0 Å². The van der Waals surface area contributed by atoms with Crippen LogP contribution in [0, 0.1) is 0 Å². The summed E-state index contributed by atoms with van der Waals surface area (Å²) in [4.78, 5) is 7.00. The highest BCUT2D eigenvalue weighted by Crippen LogP contribution is 2.20. The van der Waals surface area contributed by atoms with Crippen LogP contribution in [-0.4, -0.2) is 53.6 Å². The molecule has 1 saturated heterocycles. The summed E-state index contributed by atoms with van der Waals surface area (Å²) < 4.78 is 5.63. The Morgan fingerprint density at radius 3 is 2.71 bits per heavy atom. The molecule has 6 nitrogen and oxygen atoms in total. The number of ether oxygens (including phenoxy) is 1. The zero-order chi connectivity index (χ0) is 14.7. The van der Waals surface area contributed by atoms with Gasteiger partial charge in [0.2, 0.25) is 5.95 Å². The van der Waals surface area contributed by atoms with Crippen molar-refractivity contribution >= 4 is 5.95 Å². The van der Waals surface area contributed by atoms with E-state index in [1.807, 2.05) is 0 Å². The molecule has 1 aliphatic carbocycles. The van der Waals surface area contributed by atoms with Crippen LogP contribution in [0.1, 0.15) is 38.1 Å². The summed E-state index contributed by atoms with van der Waals surface area (Å²) in [6, 6.07) is 1.01. The fraction of sp³-hybridized carbons (Fsp3) is 0.800. The van der Waals surface area contributed by atoms with Crippen molar-refractivity contribution in [1.29, 1.82) is 0 Å². The lowest BCUT2D eigenvalue weighted by Gasteiger charge is -2.35. The monoisotopic (exact) mass is 291 g/mol. The maximum atomic E-state index is 5.63. The summed E-state index contributed by atoms with van der Waals surface area (Å²) in [6.07, 6.45) is 4.40. The largest absolute Gasteiger partial charge is 0.377 e. The molecule has 2 heterocycles. The number of nitrogens with zero attached hydrogens (tertiary/aromatic N) is 4. The predicted octanol–water partition coefficient (Wildman–Crippen LogP) is 0.954. The lowest BCUT2D eigenvalue weighted by atomic mass is 10.2. The molecule has 1 saturated carbocycles. The maximum absolute atomic E-state index is 5.63. The molecule has 1 aromatic heterocycles. The predicted molar refractivity (Wildman–Crippen MR) is 81.6 cm³/mol. The third-order valence-electron chi connectivity index (χ3n) is 4.20. The zero-order valence-electron chi connectivity index (χ0n) is 13.0. The third-order valence-corrected chi connectivity index (χ3v) is 4.20. The van der Waals surface area contributed by atoms with Gasteiger partial charge in [0.05, 0.1) is 30.6 Å². The summed E-state index contributed by atoms with van der Waals surface area (Å²) in [5, 5.41) is 12.3. The van der Waals surface area contributed by atoms with Gasteiger partial charge in [-0.3, -0.25) is 0 Å². The Morgan fingerprint density at radius 2 is 2.00 bits per heavy atom. The summed E-state index contributed by atoms with van der Waals surface area (Å²) in [5.41, 5.74) is 2.09. The van der Waals surface area contributed by atoms with Crippen LogP contribution in [0.25, 0.3) is 0 Å². The van der Waals surface area contributed by atoms with Crippen molar-refractivity contribution in [1.82, 2.24) is 20.5 Å². The average Bonchev–Trinajstić information content (AvgIpc) is 3.37. The molecule has 0 aromatic carbocycles. The van der Waals surface area contributed by atoms with Gasteiger partial charge in [0, 0.05) is 19.1 Å². The number of hydrogen-bond donors (Lipinski definition) is 1. The molecule has 0 spiro atoms. The number of morpholine rings is 1. The second-order valence-electron chi connectivity index (χ2n) is 5.82. The molecule has 0 bridgehead atoms. The van der Waals surface area contributed by atoms with E-state index in [1.165, 1.54) is 12.8 Å². The van der Waals surface area contributed by atoms with Crippen molar-refractivity contribution < 1.29 is 4.74 Å². The van der Waals surface area contributed by atoms with E-state index < -0.39 is 0 Å². The Labute approximate surface area is 126 Å². The van der Waals surface area contributed by atoms with Crippen molar-refractivity contribution in [3.05, 3.63) is 11.4 Å². The molecule has 2 aliphatic rings. The highest BCUT2D eigenvalue weighted by molar-refractivity contribution is 5.33. The van der Waals surface area contributed by atoms with Crippen LogP contribution in [0.15, 0.2) is 0 Å². The van der Waals surface area contributed by atoms with E-state index in [0.717, 1.165) is 56.5 Å². The van der Waals surface area contributed by atoms with Crippen LogP contribution in [0.4, 0.5) is 5.95 Å². The Balaban J connectivity index is 1.74. The van der Waals surface area contributed by atoms with Crippen molar-refractivity contribution in [2.75, 3.05) is 31.2 Å². The molecule has 1 atom stereocenters. The van der Waals surface area contributed by atoms with Crippen molar-refractivity contribution in [3.8, 4) is 0 Å². The van der Waals surface area contributed by atoms with Gasteiger partial charge in [-0.05, 0) is 25.7 Å². The molecule has 1 N–H and O–H groups in total. The van der Waals surface area contributed by atoms with Gasteiger partial charge in [0.15, 0.2) is 0 Å². The Kier molecular flexibility index (Phi) is 4.65. The number of aromatic nitrogens is 3. The van der Waals surface area contributed by atoms with E-state index in [0.29, 0.717) is 12.1 Å². The van der Waals surface area contributed by atoms with Crippen LogP contribution in [0.5, 0.6) is 0 Å². The lowest BCUT2D eigenvalue weighted by Crippen LogP contribution is -2.51. The fourth-order valence-corrected chi connectivity index (χ4v) is 2.73. The van der Waals surface area contributed by atoms with Gasteiger partial charge in [-0.1, -0.05) is 13.8 Å². The lowest BCUT2D eigenvalue weighted by molar-refractivity contribution is 0.0926. The van der Waals surface area contributed by atoms with E-state index in [9.17, 15) is 0 Å². The minimum Gasteiger partial charge on any atom is -0.377 e. The van der Waals surface area contributed by atoms with Crippen LogP contribution in [0.3, 0.4) is 0 Å². The van der Waals surface area contributed by atoms with Crippen LogP contribution in [0.2, 0.25) is 0 Å². The standard InChI is InChI=1S/C15H25N5O/c1-3-13-14(4-2)18-19-15(17-13)20-7-8-21-10-12(20)9-16-11-5-6-11/h11-12,16H,3-10H2,1-2H3. The molecule has 116 valence electrons. The Hall–Kier alpha value is -1.27. The van der Waals surface area contributed by atoms with E-state index in [1.54, 1.807) is 0 Å². The van der Waals surface area contributed by atoms with Gasteiger partial charge in [-0.15, -0.1) is 5.10 Å². The quantitative estimate of drug-likeness (QED) is 0.842. The number of hydrogen-bond acceptors (Lipinski definition) is 6. The van der Waals surface area contributed by atoms with Gasteiger partial charge in [-0.2, -0.15) is 5.10 Å². The van der Waals surface area contributed by atoms with Crippen molar-refractivity contribution in [3.63, 3.8) is 0 Å². The molecule has 1 unspecified atom stereocenters. The second-order valence-corrected chi connectivity index (χ2v) is 5.82. The minimum absolute atomic E-state index is 0.304. The molecule has 0 amide bonds. The summed E-state index contributed by atoms with van der Waals surface area (Å²) in [5.74, 6) is 0.759. The van der Waals surface area contributed by atoms with Gasteiger partial charge in [0.25, 0.3) is 0 Å². The SMILES string of the molecule is CCc1nnc(N2CCOCC2CNC2CC2)nc1CC. The third kappa shape index (κ3) is 3.49. The van der Waals surface area contributed by atoms with Gasteiger partial charge < -0.3 is 15.0 Å². The van der Waals surface area contributed by atoms with Crippen LogP contribution in [-0.2, 0) is 17.6 Å². The zero-order valence-corrected chi connectivity index (χ0v) is 13.0. The normalized spacial score (nSPS) is 22.6. The second kappa shape index (κ2) is 6.66. The van der Waals surface area contributed by atoms with Crippen LogP contribution < -0.4 is 10.2 Å². The number of anilines is 1. The molecule has 21 heavy (non-hydrogen) atoms. The molecule has 6 heteroatoms. The van der Waals surface area contributed by atoms with E-state index in [-0.39, 0.29) is 0 Å². The van der Waals surface area contributed by atoms with Gasteiger partial charge >= 0.3 is 0 Å². The van der Waals surface area contributed by atoms with Gasteiger partial charge in [-0.25, -0.2) is 4.98 Å². The first-order valence-corrected chi connectivity index (χ1v) is 8.12. The number of aryl methyl sites for hydroxylation is 2. The Morgan fingerprint density at radius 1 is 1.19 bits per heavy atom. The Bertz CT molecular complexity index is 477. The van der Waals surface area contributed by atoms with E-state index >= 15 is 0 Å². The number of nitrogens with one attached hydrogen (secondary N) is 1. The van der Waals surface area contributed by atoms with Crippen molar-refractivity contribution in [2.45, 2.75) is 51.6 Å². The molecule has 1 aromatic rings. The summed E-state index contributed by atoms with van der Waals surface area (Å²) in [6.45, 7) is 7.47. The fourth-order valence-electron chi connectivity index (χ4n) is 2.73. The number of rotatable bonds is 6. The molecule has 3 rings (SSSR count). The smallest absolute Gasteiger partial charge is 0.246 e. The first-order chi connectivity index (χ1) is 10.3. The first-order valence-electron chi connectivity index (χ1n) is 8.12. The van der Waals surface area contributed by atoms with Gasteiger partial charge in [0.1, 0.15) is 0 Å². The van der Waals surface area contributed by atoms with Crippen molar-refractivity contribution in [2.24, 2.45) is 0 Å². The average molecular weight is 291 g/mol. The molecule has 1 aliphatic heterocycles. The highest BCUT2D eigenvalue weighted by Gasteiger charge is 2.28. The minimum atomic E-state index is 0.304. The summed E-state index contributed by atoms with van der Waals surface area (Å²) >= 11 is 0. The topological polar surface area (TPSA) is 63.2 Å². The van der Waals surface area contributed by atoms with E-state index in [4.69, 9.17) is 9.72 Å². The first kappa shape index (κ1) is 14.7. The molecule has 2 fully saturated rings. The molecular formula is C15H25N5O. The highest BCUT2D eigenvalue weighted by atomic mass is 16.5. The van der Waals surface area contributed by atoms with E-state index in [2.05, 4.69) is 34.3 Å². The molecular weight excluding hydrogens is 266 g/mol.